The van der Waals surface area contributed by atoms with Gasteiger partial charge in [-0.25, -0.2) is 12.8 Å². The van der Waals surface area contributed by atoms with Crippen molar-refractivity contribution >= 4 is 62.3 Å². The molecule has 0 aliphatic carbocycles. The molecule has 0 saturated heterocycles. The highest BCUT2D eigenvalue weighted by Gasteiger charge is 2.31. The Morgan fingerprint density at radius 3 is 2.29 bits per heavy atom. The van der Waals surface area contributed by atoms with E-state index in [0.29, 0.717) is 13.0 Å². The molecule has 1 atom stereocenters. The maximum Gasteiger partial charge on any atom is 0.244 e. The van der Waals surface area contributed by atoms with Crippen LogP contribution in [0.2, 0.25) is 15.1 Å². The van der Waals surface area contributed by atoms with Crippen LogP contribution in [0.25, 0.3) is 0 Å². The van der Waals surface area contributed by atoms with Crippen LogP contribution in [0.3, 0.4) is 0 Å². The van der Waals surface area contributed by atoms with E-state index >= 15 is 0 Å². The van der Waals surface area contributed by atoms with Gasteiger partial charge in [-0.2, -0.15) is 0 Å². The Kier molecular flexibility index (Phi) is 9.99. The minimum atomic E-state index is -4.01. The number of carbonyl (C=O) groups excluding carboxylic acids is 2. The smallest absolute Gasteiger partial charge is 0.244 e. The number of hydrogen-bond acceptors (Lipinski definition) is 4. The Morgan fingerprint density at radius 2 is 1.71 bits per heavy atom. The molecule has 1 N–H and O–H groups in total. The third kappa shape index (κ3) is 7.21. The van der Waals surface area contributed by atoms with E-state index in [9.17, 15) is 22.4 Å². The van der Waals surface area contributed by atoms with E-state index in [1.165, 1.54) is 37.3 Å². The molecule has 34 heavy (non-hydrogen) atoms. The van der Waals surface area contributed by atoms with Crippen molar-refractivity contribution in [1.82, 2.24) is 10.2 Å². The molecule has 186 valence electrons. The SMILES string of the molecule is CCCNC(=O)[C@H](C)N(Cc1ccccc1F)C(=O)CN(c1cc(Cl)c(Cl)cc1Cl)S(C)(=O)=O. The summed E-state index contributed by atoms with van der Waals surface area (Å²) in [6.45, 7) is 2.80. The lowest BCUT2D eigenvalue weighted by Gasteiger charge is -2.31. The summed E-state index contributed by atoms with van der Waals surface area (Å²) in [5.41, 5.74) is 0.116. The van der Waals surface area contributed by atoms with Gasteiger partial charge in [0.25, 0.3) is 0 Å². The van der Waals surface area contributed by atoms with Gasteiger partial charge >= 0.3 is 0 Å². The molecule has 2 aromatic carbocycles. The van der Waals surface area contributed by atoms with E-state index < -0.39 is 40.2 Å². The number of rotatable bonds is 10. The second-order valence-electron chi connectivity index (χ2n) is 7.57. The van der Waals surface area contributed by atoms with E-state index in [1.54, 1.807) is 6.07 Å². The van der Waals surface area contributed by atoms with Crippen LogP contribution >= 0.6 is 34.8 Å². The molecule has 0 spiro atoms. The van der Waals surface area contributed by atoms with E-state index in [-0.39, 0.29) is 32.9 Å². The topological polar surface area (TPSA) is 86.8 Å². The summed E-state index contributed by atoms with van der Waals surface area (Å²) in [4.78, 5) is 27.1. The maximum atomic E-state index is 14.3. The lowest BCUT2D eigenvalue weighted by atomic mass is 10.1. The minimum absolute atomic E-state index is 0.0395. The van der Waals surface area contributed by atoms with Crippen molar-refractivity contribution in [3.8, 4) is 0 Å². The van der Waals surface area contributed by atoms with Crippen molar-refractivity contribution < 1.29 is 22.4 Å². The van der Waals surface area contributed by atoms with Crippen molar-refractivity contribution in [1.29, 1.82) is 0 Å². The van der Waals surface area contributed by atoms with Crippen molar-refractivity contribution in [3.05, 3.63) is 62.8 Å². The zero-order valence-electron chi connectivity index (χ0n) is 18.8. The van der Waals surface area contributed by atoms with Gasteiger partial charge in [-0.15, -0.1) is 0 Å². The number of anilines is 1. The van der Waals surface area contributed by atoms with Crippen molar-refractivity contribution in [2.45, 2.75) is 32.9 Å². The summed E-state index contributed by atoms with van der Waals surface area (Å²) >= 11 is 18.2. The molecular formula is C22H25Cl3FN3O4S. The van der Waals surface area contributed by atoms with Gasteiger partial charge in [0.05, 0.1) is 27.0 Å². The van der Waals surface area contributed by atoms with E-state index in [1.807, 2.05) is 6.92 Å². The zero-order chi connectivity index (χ0) is 25.6. The lowest BCUT2D eigenvalue weighted by molar-refractivity contribution is -0.139. The molecule has 2 aromatic rings. The summed E-state index contributed by atoms with van der Waals surface area (Å²) in [6, 6.07) is 7.31. The van der Waals surface area contributed by atoms with Crippen LogP contribution in [0.15, 0.2) is 36.4 Å². The minimum Gasteiger partial charge on any atom is -0.354 e. The highest BCUT2D eigenvalue weighted by Crippen LogP contribution is 2.35. The second kappa shape index (κ2) is 12.1. The number of hydrogen-bond donors (Lipinski definition) is 1. The number of sulfonamides is 1. The fraction of sp³-hybridized carbons (Fsp3) is 0.364. The van der Waals surface area contributed by atoms with Gasteiger partial charge in [0.2, 0.25) is 21.8 Å². The molecule has 0 aliphatic rings. The predicted octanol–water partition coefficient (Wildman–Crippen LogP) is 4.50. The first-order valence-corrected chi connectivity index (χ1v) is 13.3. The molecule has 12 heteroatoms. The summed E-state index contributed by atoms with van der Waals surface area (Å²) in [6.07, 6.45) is 1.58. The van der Waals surface area contributed by atoms with E-state index in [4.69, 9.17) is 34.8 Å². The molecule has 2 rings (SSSR count). The second-order valence-corrected chi connectivity index (χ2v) is 10.7. The molecule has 2 amide bonds. The number of carbonyl (C=O) groups is 2. The first-order valence-electron chi connectivity index (χ1n) is 10.3. The molecule has 0 unspecified atom stereocenters. The predicted molar refractivity (Wildman–Crippen MR) is 133 cm³/mol. The summed E-state index contributed by atoms with van der Waals surface area (Å²) < 4.78 is 40.3. The van der Waals surface area contributed by atoms with E-state index in [0.717, 1.165) is 15.5 Å². The molecule has 0 aliphatic heterocycles. The van der Waals surface area contributed by atoms with Crippen LogP contribution in [0.1, 0.15) is 25.8 Å². The van der Waals surface area contributed by atoms with Gasteiger partial charge in [-0.1, -0.05) is 59.9 Å². The zero-order valence-corrected chi connectivity index (χ0v) is 21.9. The molecule has 7 nitrogen and oxygen atoms in total. The van der Waals surface area contributed by atoms with Gasteiger partial charge in [0.15, 0.2) is 0 Å². The van der Waals surface area contributed by atoms with Crippen LogP contribution in [0.4, 0.5) is 10.1 Å². The van der Waals surface area contributed by atoms with Crippen LogP contribution in [-0.2, 0) is 26.2 Å². The molecule has 0 saturated carbocycles. The summed E-state index contributed by atoms with van der Waals surface area (Å²) in [7, 11) is -4.01. The quantitative estimate of drug-likeness (QED) is 0.440. The van der Waals surface area contributed by atoms with Gasteiger partial charge < -0.3 is 10.2 Å². The Labute approximate surface area is 213 Å². The molecule has 0 aromatic heterocycles. The van der Waals surface area contributed by atoms with Gasteiger partial charge in [-0.3, -0.25) is 13.9 Å². The number of nitrogens with zero attached hydrogens (tertiary/aromatic N) is 2. The largest absolute Gasteiger partial charge is 0.354 e. The normalized spacial score (nSPS) is 12.2. The van der Waals surface area contributed by atoms with Crippen LogP contribution in [0, 0.1) is 5.82 Å². The standard InChI is InChI=1S/C22H25Cl3FN3O4S/c1-4-9-27-22(31)14(2)28(12-15-7-5-6-8-19(15)26)21(30)13-29(34(3,32)33)20-11-17(24)16(23)10-18(20)25/h5-8,10-11,14H,4,9,12-13H2,1-3H3,(H,27,31)/t14-/m0/s1. The molecular weight excluding hydrogens is 528 g/mol. The highest BCUT2D eigenvalue weighted by atomic mass is 35.5. The Hall–Kier alpha value is -2.07. The Morgan fingerprint density at radius 1 is 1.09 bits per heavy atom. The summed E-state index contributed by atoms with van der Waals surface area (Å²) in [5, 5.41) is 2.80. The van der Waals surface area contributed by atoms with Crippen molar-refractivity contribution in [2.24, 2.45) is 0 Å². The Balaban J connectivity index is 2.46. The molecule has 0 heterocycles. The third-order valence-electron chi connectivity index (χ3n) is 4.95. The van der Waals surface area contributed by atoms with E-state index in [2.05, 4.69) is 5.32 Å². The third-order valence-corrected chi connectivity index (χ3v) is 7.10. The average molecular weight is 553 g/mol. The molecule has 0 bridgehead atoms. The van der Waals surface area contributed by atoms with Gasteiger partial charge in [0, 0.05) is 18.7 Å². The first-order chi connectivity index (χ1) is 15.9. The van der Waals surface area contributed by atoms with Gasteiger partial charge in [-0.05, 0) is 31.5 Å². The number of benzene rings is 2. The van der Waals surface area contributed by atoms with Gasteiger partial charge in [0.1, 0.15) is 18.4 Å². The first kappa shape index (κ1) is 28.2. The van der Waals surface area contributed by atoms with Crippen LogP contribution in [0.5, 0.6) is 0 Å². The highest BCUT2D eigenvalue weighted by molar-refractivity contribution is 7.92. The number of halogens is 4. The Bertz CT molecular complexity index is 1160. The molecule has 0 radical (unpaired) electrons. The maximum absolute atomic E-state index is 14.3. The van der Waals surface area contributed by atoms with Crippen LogP contribution in [-0.4, -0.2) is 50.5 Å². The lowest BCUT2D eigenvalue weighted by Crippen LogP contribution is -2.51. The molecule has 0 fully saturated rings. The average Bonchev–Trinajstić information content (AvgIpc) is 2.76. The summed E-state index contributed by atoms with van der Waals surface area (Å²) in [5.74, 6) is -1.76. The fourth-order valence-corrected chi connectivity index (χ4v) is 4.63. The number of nitrogens with one attached hydrogen (secondary N) is 1. The van der Waals surface area contributed by atoms with Crippen molar-refractivity contribution in [3.63, 3.8) is 0 Å². The van der Waals surface area contributed by atoms with Crippen LogP contribution < -0.4 is 9.62 Å². The van der Waals surface area contributed by atoms with Crippen molar-refractivity contribution in [2.75, 3.05) is 23.7 Å². The number of amides is 2. The fourth-order valence-electron chi connectivity index (χ4n) is 3.09. The monoisotopic (exact) mass is 551 g/mol.